The number of carbonyl (C=O) groups excluding carboxylic acids is 1. The largest absolute Gasteiger partial charge is 0.489 e. The Balaban J connectivity index is 1.70. The molecule has 3 rings (SSSR count). The molecule has 2 amide bonds. The number of urea groups is 1. The highest BCUT2D eigenvalue weighted by Gasteiger charge is 2.25. The first kappa shape index (κ1) is 19.7. The second-order valence-electron chi connectivity index (χ2n) is 7.19. The number of amides is 2. The van der Waals surface area contributed by atoms with Crippen molar-refractivity contribution in [2.24, 2.45) is 0 Å². The van der Waals surface area contributed by atoms with Crippen molar-refractivity contribution in [1.29, 1.82) is 0 Å². The van der Waals surface area contributed by atoms with Crippen molar-refractivity contribution >= 4 is 12.0 Å². The number of carbonyl (C=O) groups is 2. The van der Waals surface area contributed by atoms with Gasteiger partial charge in [0.1, 0.15) is 11.9 Å². The number of carboxylic acid groups (broad SMARTS) is 1. The molecular weight excluding hydrogens is 356 g/mol. The van der Waals surface area contributed by atoms with Crippen LogP contribution in [0.4, 0.5) is 4.79 Å². The summed E-state index contributed by atoms with van der Waals surface area (Å²) in [6.07, 6.45) is 0.865. The zero-order valence-corrected chi connectivity index (χ0v) is 16.0. The monoisotopic (exact) mass is 382 g/mol. The molecule has 0 radical (unpaired) electrons. The second-order valence-corrected chi connectivity index (χ2v) is 7.19. The van der Waals surface area contributed by atoms with Gasteiger partial charge in [0.15, 0.2) is 0 Å². The van der Waals surface area contributed by atoms with Crippen LogP contribution in [-0.4, -0.2) is 40.7 Å². The molecule has 0 fully saturated rings. The predicted molar refractivity (Wildman–Crippen MR) is 106 cm³/mol. The van der Waals surface area contributed by atoms with Gasteiger partial charge in [-0.25, -0.2) is 4.79 Å². The smallest absolute Gasteiger partial charge is 0.318 e. The molecule has 0 saturated heterocycles. The average molecular weight is 382 g/mol. The number of hydrogen-bond acceptors (Lipinski definition) is 3. The quantitative estimate of drug-likeness (QED) is 0.802. The molecule has 28 heavy (non-hydrogen) atoms. The normalized spacial score (nSPS) is 17.0. The highest BCUT2D eigenvalue weighted by atomic mass is 16.5. The summed E-state index contributed by atoms with van der Waals surface area (Å²) in [5.41, 5.74) is 2.03. The Morgan fingerprint density at radius 3 is 2.64 bits per heavy atom. The van der Waals surface area contributed by atoms with Gasteiger partial charge in [0.05, 0.1) is 13.1 Å². The fourth-order valence-electron chi connectivity index (χ4n) is 3.43. The van der Waals surface area contributed by atoms with Crippen LogP contribution in [0, 0.1) is 0 Å². The molecule has 2 aromatic carbocycles. The van der Waals surface area contributed by atoms with Crippen LogP contribution in [-0.2, 0) is 17.8 Å². The van der Waals surface area contributed by atoms with E-state index in [1.165, 1.54) is 0 Å². The maximum Gasteiger partial charge on any atom is 0.318 e. The van der Waals surface area contributed by atoms with Gasteiger partial charge in [0.2, 0.25) is 0 Å². The average Bonchev–Trinajstić information content (AvgIpc) is 2.85. The molecule has 1 heterocycles. The van der Waals surface area contributed by atoms with E-state index < -0.39 is 5.97 Å². The van der Waals surface area contributed by atoms with Crippen LogP contribution in [0.25, 0.3) is 0 Å². The number of aliphatic carboxylic acids is 1. The van der Waals surface area contributed by atoms with Crippen molar-refractivity contribution in [3.63, 3.8) is 0 Å². The molecular formula is C22H26N2O4. The summed E-state index contributed by atoms with van der Waals surface area (Å²) in [6.45, 7) is 2.87. The van der Waals surface area contributed by atoms with Crippen LogP contribution in [0.3, 0.4) is 0 Å². The molecule has 0 spiro atoms. The number of benzene rings is 2. The van der Waals surface area contributed by atoms with E-state index in [1.54, 1.807) is 4.90 Å². The maximum absolute atomic E-state index is 13.0. The molecule has 2 atom stereocenters. The highest BCUT2D eigenvalue weighted by Crippen LogP contribution is 2.24. The minimum Gasteiger partial charge on any atom is -0.489 e. The Hall–Kier alpha value is -3.02. The van der Waals surface area contributed by atoms with Crippen molar-refractivity contribution in [3.05, 3.63) is 65.7 Å². The lowest BCUT2D eigenvalue weighted by Crippen LogP contribution is -2.47. The molecule has 0 aromatic heterocycles. The van der Waals surface area contributed by atoms with Gasteiger partial charge in [-0.15, -0.1) is 0 Å². The van der Waals surface area contributed by atoms with Crippen LogP contribution in [0.1, 0.15) is 30.9 Å². The summed E-state index contributed by atoms with van der Waals surface area (Å²) in [4.78, 5) is 25.7. The van der Waals surface area contributed by atoms with Crippen molar-refractivity contribution in [1.82, 2.24) is 10.2 Å². The van der Waals surface area contributed by atoms with Gasteiger partial charge >= 0.3 is 12.0 Å². The number of nitrogens with zero attached hydrogens (tertiary/aromatic N) is 1. The molecule has 6 heteroatoms. The number of hydrogen-bond donors (Lipinski definition) is 2. The highest BCUT2D eigenvalue weighted by molar-refractivity contribution is 5.75. The molecule has 0 bridgehead atoms. The SMILES string of the molecule is CC1CN(C(=O)NC(CCC(=O)O)Cc2ccccc2)Cc2ccccc2O1. The van der Waals surface area contributed by atoms with E-state index in [-0.39, 0.29) is 24.6 Å². The molecule has 148 valence electrons. The number of ether oxygens (including phenoxy) is 1. The van der Waals surface area contributed by atoms with E-state index in [2.05, 4.69) is 5.32 Å². The zero-order valence-electron chi connectivity index (χ0n) is 16.0. The van der Waals surface area contributed by atoms with Crippen molar-refractivity contribution in [2.75, 3.05) is 6.54 Å². The summed E-state index contributed by atoms with van der Waals surface area (Å²) < 4.78 is 5.92. The first-order valence-corrected chi connectivity index (χ1v) is 9.57. The topological polar surface area (TPSA) is 78.9 Å². The van der Waals surface area contributed by atoms with Crippen molar-refractivity contribution < 1.29 is 19.4 Å². The van der Waals surface area contributed by atoms with Gasteiger partial charge in [-0.3, -0.25) is 4.79 Å². The predicted octanol–water partition coefficient (Wildman–Crippen LogP) is 3.46. The number of nitrogens with one attached hydrogen (secondary N) is 1. The summed E-state index contributed by atoms with van der Waals surface area (Å²) in [7, 11) is 0. The fraction of sp³-hybridized carbons (Fsp3) is 0.364. The summed E-state index contributed by atoms with van der Waals surface area (Å²) in [5.74, 6) is -0.0601. The van der Waals surface area contributed by atoms with Gasteiger partial charge in [-0.05, 0) is 31.4 Å². The third-order valence-corrected chi connectivity index (χ3v) is 4.79. The lowest BCUT2D eigenvalue weighted by atomic mass is 10.0. The molecule has 2 unspecified atom stereocenters. The molecule has 0 saturated carbocycles. The van der Waals surface area contributed by atoms with Gasteiger partial charge < -0.3 is 20.1 Å². The van der Waals surface area contributed by atoms with E-state index in [1.807, 2.05) is 61.5 Å². The Morgan fingerprint density at radius 1 is 1.18 bits per heavy atom. The number of fused-ring (bicyclic) bond motifs is 1. The van der Waals surface area contributed by atoms with E-state index >= 15 is 0 Å². The van der Waals surface area contributed by atoms with Crippen LogP contribution >= 0.6 is 0 Å². The minimum atomic E-state index is -0.863. The van der Waals surface area contributed by atoms with E-state index in [0.29, 0.717) is 25.9 Å². The third kappa shape index (κ3) is 5.49. The molecule has 2 N–H and O–H groups in total. The van der Waals surface area contributed by atoms with Gasteiger partial charge in [-0.1, -0.05) is 48.5 Å². The Bertz CT molecular complexity index is 809. The Labute approximate surface area is 165 Å². The maximum atomic E-state index is 13.0. The summed E-state index contributed by atoms with van der Waals surface area (Å²) >= 11 is 0. The van der Waals surface area contributed by atoms with Crippen LogP contribution in [0.15, 0.2) is 54.6 Å². The van der Waals surface area contributed by atoms with E-state index in [4.69, 9.17) is 9.84 Å². The number of para-hydroxylation sites is 1. The van der Waals surface area contributed by atoms with Crippen LogP contribution in [0.5, 0.6) is 5.75 Å². The Morgan fingerprint density at radius 2 is 1.89 bits per heavy atom. The lowest BCUT2D eigenvalue weighted by Gasteiger charge is -2.26. The van der Waals surface area contributed by atoms with E-state index in [9.17, 15) is 9.59 Å². The van der Waals surface area contributed by atoms with E-state index in [0.717, 1.165) is 16.9 Å². The van der Waals surface area contributed by atoms with Crippen LogP contribution in [0.2, 0.25) is 0 Å². The van der Waals surface area contributed by atoms with Crippen molar-refractivity contribution in [2.45, 2.75) is 44.9 Å². The second kappa shape index (κ2) is 9.26. The van der Waals surface area contributed by atoms with Gasteiger partial charge in [0, 0.05) is 18.0 Å². The molecule has 1 aliphatic heterocycles. The number of carboxylic acids is 1. The molecule has 0 aliphatic carbocycles. The Kier molecular flexibility index (Phi) is 6.53. The molecule has 1 aliphatic rings. The lowest BCUT2D eigenvalue weighted by molar-refractivity contribution is -0.137. The third-order valence-electron chi connectivity index (χ3n) is 4.79. The molecule has 6 nitrogen and oxygen atoms in total. The van der Waals surface area contributed by atoms with Crippen LogP contribution < -0.4 is 10.1 Å². The minimum absolute atomic E-state index is 0.0140. The standard InChI is InChI=1S/C22H26N2O4/c1-16-14-24(15-18-9-5-6-10-20(18)28-16)22(27)23-19(11-12-21(25)26)13-17-7-3-2-4-8-17/h2-10,16,19H,11-15H2,1H3,(H,23,27)(H,25,26). The van der Waals surface area contributed by atoms with Crippen molar-refractivity contribution in [3.8, 4) is 5.75 Å². The van der Waals surface area contributed by atoms with Gasteiger partial charge in [-0.2, -0.15) is 0 Å². The first-order chi connectivity index (χ1) is 13.5. The fourth-order valence-corrected chi connectivity index (χ4v) is 3.43. The summed E-state index contributed by atoms with van der Waals surface area (Å²) in [5, 5.41) is 12.1. The zero-order chi connectivity index (χ0) is 19.9. The first-order valence-electron chi connectivity index (χ1n) is 9.57. The summed E-state index contributed by atoms with van der Waals surface area (Å²) in [6, 6.07) is 17.1. The van der Waals surface area contributed by atoms with Gasteiger partial charge in [0.25, 0.3) is 0 Å². The molecule has 2 aromatic rings. The number of rotatable bonds is 6.